The fourth-order valence-corrected chi connectivity index (χ4v) is 5.85. The fraction of sp³-hybridized carbons (Fsp3) is 0. The molecule has 3 heterocycles. The predicted octanol–water partition coefficient (Wildman–Crippen LogP) is 8.39. The van der Waals surface area contributed by atoms with Gasteiger partial charge < -0.3 is 0 Å². The molecule has 0 radical (unpaired) electrons. The highest BCUT2D eigenvalue weighted by Crippen LogP contribution is 2.42. The van der Waals surface area contributed by atoms with Gasteiger partial charge >= 0.3 is 0 Å². The maximum Gasteiger partial charge on any atom is 0.160 e. The third-order valence-electron chi connectivity index (χ3n) is 6.29. The van der Waals surface area contributed by atoms with Crippen LogP contribution in [0.2, 0.25) is 0 Å². The minimum atomic E-state index is 0.720. The van der Waals surface area contributed by atoms with Crippen molar-refractivity contribution in [3.8, 4) is 33.9 Å². The van der Waals surface area contributed by atoms with Crippen LogP contribution in [-0.2, 0) is 0 Å². The quantitative estimate of drug-likeness (QED) is 0.263. The topological polar surface area (TPSA) is 38.7 Å². The minimum absolute atomic E-state index is 0.720. The number of nitrogens with zero attached hydrogens (tertiary/aromatic N) is 3. The van der Waals surface area contributed by atoms with Crippen LogP contribution < -0.4 is 0 Å². The lowest BCUT2D eigenvalue weighted by Crippen LogP contribution is -1.97. The number of pyridine rings is 1. The number of fused-ring (bicyclic) bond motifs is 4. The lowest BCUT2D eigenvalue weighted by Gasteiger charge is -2.12. The summed E-state index contributed by atoms with van der Waals surface area (Å²) >= 11 is 1.78. The van der Waals surface area contributed by atoms with E-state index < -0.39 is 0 Å². The standard InChI is InChI=1S/C31H19N3S/c1-3-11-20(12-4-1)25-19-26(34-31(33-25)21-13-5-2-6-14-21)28-22-15-7-9-17-24(22)32-29-23-16-8-10-18-27(23)35-30(28)29/h1-19H. The number of aromatic nitrogens is 3. The molecule has 0 saturated heterocycles. The Kier molecular flexibility index (Phi) is 4.64. The van der Waals surface area contributed by atoms with E-state index in [0.29, 0.717) is 0 Å². The summed E-state index contributed by atoms with van der Waals surface area (Å²) in [5.74, 6) is 0.720. The van der Waals surface area contributed by atoms with E-state index in [1.54, 1.807) is 11.3 Å². The number of hydrogen-bond donors (Lipinski definition) is 0. The first-order valence-electron chi connectivity index (χ1n) is 11.6. The molecule has 0 bridgehead atoms. The van der Waals surface area contributed by atoms with E-state index in [4.69, 9.17) is 15.0 Å². The first-order valence-corrected chi connectivity index (χ1v) is 12.4. The van der Waals surface area contributed by atoms with E-state index in [9.17, 15) is 0 Å². The number of hydrogen-bond acceptors (Lipinski definition) is 4. The zero-order valence-corrected chi connectivity index (χ0v) is 19.5. The van der Waals surface area contributed by atoms with Gasteiger partial charge in [-0.15, -0.1) is 11.3 Å². The highest BCUT2D eigenvalue weighted by molar-refractivity contribution is 7.26. The molecule has 4 heteroatoms. The van der Waals surface area contributed by atoms with Gasteiger partial charge in [-0.05, 0) is 18.2 Å². The Labute approximate surface area is 206 Å². The van der Waals surface area contributed by atoms with Gasteiger partial charge in [0.2, 0.25) is 0 Å². The first kappa shape index (κ1) is 20.0. The van der Waals surface area contributed by atoms with Gasteiger partial charge in [-0.2, -0.15) is 0 Å². The minimum Gasteiger partial charge on any atom is -0.246 e. The molecule has 0 unspecified atom stereocenters. The number of benzene rings is 4. The van der Waals surface area contributed by atoms with Gasteiger partial charge in [0.25, 0.3) is 0 Å². The van der Waals surface area contributed by atoms with Crippen LogP contribution in [0, 0.1) is 0 Å². The maximum atomic E-state index is 5.14. The Morgan fingerprint density at radius 1 is 0.514 bits per heavy atom. The van der Waals surface area contributed by atoms with Crippen LogP contribution in [0.1, 0.15) is 0 Å². The molecule has 3 nitrogen and oxygen atoms in total. The Morgan fingerprint density at radius 2 is 1.14 bits per heavy atom. The summed E-state index contributed by atoms with van der Waals surface area (Å²) in [6.07, 6.45) is 0. The van der Waals surface area contributed by atoms with Gasteiger partial charge in [-0.25, -0.2) is 15.0 Å². The molecule has 164 valence electrons. The molecule has 0 aliphatic heterocycles. The summed E-state index contributed by atoms with van der Waals surface area (Å²) in [6, 6.07) is 39.5. The molecule has 0 atom stereocenters. The second-order valence-electron chi connectivity index (χ2n) is 8.47. The molecule has 0 spiro atoms. The molecule has 0 amide bonds. The Bertz CT molecular complexity index is 1780. The van der Waals surface area contributed by atoms with Crippen molar-refractivity contribution in [1.82, 2.24) is 15.0 Å². The molecule has 0 N–H and O–H groups in total. The smallest absolute Gasteiger partial charge is 0.160 e. The Hall–Kier alpha value is -4.41. The lowest BCUT2D eigenvalue weighted by atomic mass is 10.0. The average Bonchev–Trinajstić information content (AvgIpc) is 3.30. The van der Waals surface area contributed by atoms with Crippen LogP contribution in [0.4, 0.5) is 0 Å². The molecule has 35 heavy (non-hydrogen) atoms. The second kappa shape index (κ2) is 8.12. The van der Waals surface area contributed by atoms with Gasteiger partial charge in [-0.1, -0.05) is 97.1 Å². The number of rotatable bonds is 3. The monoisotopic (exact) mass is 465 g/mol. The lowest BCUT2D eigenvalue weighted by molar-refractivity contribution is 1.19. The van der Waals surface area contributed by atoms with Crippen LogP contribution in [-0.4, -0.2) is 15.0 Å². The summed E-state index contributed by atoms with van der Waals surface area (Å²) in [6.45, 7) is 0. The zero-order valence-electron chi connectivity index (χ0n) is 18.7. The van der Waals surface area contributed by atoms with Gasteiger partial charge in [0, 0.05) is 32.2 Å². The molecule has 7 rings (SSSR count). The van der Waals surface area contributed by atoms with Gasteiger partial charge in [0.05, 0.1) is 27.1 Å². The van der Waals surface area contributed by atoms with E-state index in [-0.39, 0.29) is 0 Å². The van der Waals surface area contributed by atoms with Crippen molar-refractivity contribution >= 4 is 42.5 Å². The third kappa shape index (κ3) is 3.38. The largest absolute Gasteiger partial charge is 0.246 e. The molecule has 3 aromatic heterocycles. The van der Waals surface area contributed by atoms with E-state index in [0.717, 1.165) is 55.0 Å². The third-order valence-corrected chi connectivity index (χ3v) is 7.46. The molecule has 4 aromatic carbocycles. The summed E-state index contributed by atoms with van der Waals surface area (Å²) in [4.78, 5) is 15.2. The highest BCUT2D eigenvalue weighted by Gasteiger charge is 2.19. The summed E-state index contributed by atoms with van der Waals surface area (Å²) in [5, 5.41) is 2.28. The van der Waals surface area contributed by atoms with Crippen LogP contribution in [0.5, 0.6) is 0 Å². The van der Waals surface area contributed by atoms with Crippen LogP contribution in [0.15, 0.2) is 115 Å². The van der Waals surface area contributed by atoms with Crippen molar-refractivity contribution in [1.29, 1.82) is 0 Å². The second-order valence-corrected chi connectivity index (χ2v) is 9.53. The SMILES string of the molecule is c1ccc(-c2cc(-c3c4ccccc4nc4c3sc3ccccc34)nc(-c3ccccc3)n2)cc1. The van der Waals surface area contributed by atoms with Crippen LogP contribution >= 0.6 is 11.3 Å². The van der Waals surface area contributed by atoms with Gasteiger partial charge in [0.15, 0.2) is 5.82 Å². The average molecular weight is 466 g/mol. The molecule has 7 aromatic rings. The number of thiophene rings is 1. The van der Waals surface area contributed by atoms with Crippen LogP contribution in [0.3, 0.4) is 0 Å². The van der Waals surface area contributed by atoms with Crippen molar-refractivity contribution in [3.05, 3.63) is 115 Å². The van der Waals surface area contributed by atoms with Crippen molar-refractivity contribution in [2.75, 3.05) is 0 Å². The highest BCUT2D eigenvalue weighted by atomic mass is 32.1. The molecular weight excluding hydrogens is 446 g/mol. The normalized spacial score (nSPS) is 11.4. The van der Waals surface area contributed by atoms with Crippen molar-refractivity contribution in [2.24, 2.45) is 0 Å². The molecule has 0 saturated carbocycles. The molecular formula is C31H19N3S. The van der Waals surface area contributed by atoms with E-state index in [1.807, 2.05) is 42.5 Å². The van der Waals surface area contributed by atoms with E-state index in [2.05, 4.69) is 72.8 Å². The zero-order chi connectivity index (χ0) is 23.2. The van der Waals surface area contributed by atoms with Gasteiger partial charge in [0.1, 0.15) is 0 Å². The maximum absolute atomic E-state index is 5.14. The van der Waals surface area contributed by atoms with Gasteiger partial charge in [-0.3, -0.25) is 0 Å². The van der Waals surface area contributed by atoms with Crippen molar-refractivity contribution in [2.45, 2.75) is 0 Å². The summed E-state index contributed by atoms with van der Waals surface area (Å²) in [5.41, 5.74) is 7.00. The summed E-state index contributed by atoms with van der Waals surface area (Å²) in [7, 11) is 0. The number of para-hydroxylation sites is 1. The molecule has 0 aliphatic rings. The molecule has 0 aliphatic carbocycles. The Balaban J connectivity index is 1.61. The fourth-order valence-electron chi connectivity index (χ4n) is 4.64. The summed E-state index contributed by atoms with van der Waals surface area (Å²) < 4.78 is 2.38. The van der Waals surface area contributed by atoms with E-state index >= 15 is 0 Å². The van der Waals surface area contributed by atoms with E-state index in [1.165, 1.54) is 10.1 Å². The molecule has 0 fully saturated rings. The van der Waals surface area contributed by atoms with Crippen LogP contribution in [0.25, 0.3) is 65.1 Å². The van der Waals surface area contributed by atoms with Crippen molar-refractivity contribution < 1.29 is 0 Å². The Morgan fingerprint density at radius 3 is 1.94 bits per heavy atom. The van der Waals surface area contributed by atoms with Crippen molar-refractivity contribution in [3.63, 3.8) is 0 Å². The predicted molar refractivity (Wildman–Crippen MR) is 147 cm³/mol. The first-order chi connectivity index (χ1) is 17.3.